The predicted molar refractivity (Wildman–Crippen MR) is 112 cm³/mol. The van der Waals surface area contributed by atoms with E-state index in [1.54, 1.807) is 31.2 Å². The van der Waals surface area contributed by atoms with Crippen LogP contribution in [-0.4, -0.2) is 33.9 Å². The van der Waals surface area contributed by atoms with Crippen LogP contribution >= 0.6 is 0 Å². The number of carbonyl (C=O) groups is 1. The molecule has 0 aliphatic heterocycles. The Labute approximate surface area is 164 Å². The van der Waals surface area contributed by atoms with Crippen molar-refractivity contribution in [1.29, 1.82) is 0 Å². The molecule has 0 aliphatic rings. The van der Waals surface area contributed by atoms with Crippen molar-refractivity contribution in [2.24, 2.45) is 0 Å². The van der Waals surface area contributed by atoms with Gasteiger partial charge in [0.1, 0.15) is 18.1 Å². The monoisotopic (exact) mass is 381 g/mol. The zero-order valence-electron chi connectivity index (χ0n) is 16.7. The highest BCUT2D eigenvalue weighted by Gasteiger charge is 2.27. The first-order valence-electron chi connectivity index (χ1n) is 9.26. The summed E-state index contributed by atoms with van der Waals surface area (Å²) in [6.07, 6.45) is 1.84. The standard InChI is InChI=1S/C22H27N3O3/c1-21(2,3)25-22(4,27)14-28-19-11-6-5-8-16(19)20(26)24-18-10-7-9-17-15(18)12-13-23-17/h5-13,23,25,27H,14H2,1-4H3,(H,24,26). The Morgan fingerprint density at radius 1 is 1.07 bits per heavy atom. The molecule has 0 spiro atoms. The summed E-state index contributed by atoms with van der Waals surface area (Å²) in [7, 11) is 0. The van der Waals surface area contributed by atoms with E-state index in [1.165, 1.54) is 0 Å². The third-order valence-corrected chi connectivity index (χ3v) is 4.13. The van der Waals surface area contributed by atoms with Gasteiger partial charge < -0.3 is 20.1 Å². The molecule has 0 radical (unpaired) electrons. The Kier molecular flexibility index (Phi) is 5.45. The highest BCUT2D eigenvalue weighted by molar-refractivity contribution is 6.10. The van der Waals surface area contributed by atoms with Gasteiger partial charge in [0.05, 0.1) is 11.3 Å². The summed E-state index contributed by atoms with van der Waals surface area (Å²) in [5.74, 6) is 0.143. The molecule has 3 aromatic rings. The van der Waals surface area contributed by atoms with Crippen molar-refractivity contribution in [1.82, 2.24) is 10.3 Å². The molecule has 0 bridgehead atoms. The molecule has 1 amide bonds. The van der Waals surface area contributed by atoms with Crippen molar-refractivity contribution < 1.29 is 14.6 Å². The van der Waals surface area contributed by atoms with Gasteiger partial charge in [0.25, 0.3) is 5.91 Å². The summed E-state index contributed by atoms with van der Waals surface area (Å²) >= 11 is 0. The second-order valence-electron chi connectivity index (χ2n) is 8.13. The highest BCUT2D eigenvalue weighted by atomic mass is 16.5. The molecule has 1 aromatic heterocycles. The number of aromatic amines is 1. The van der Waals surface area contributed by atoms with Crippen molar-refractivity contribution in [3.8, 4) is 5.75 Å². The van der Waals surface area contributed by atoms with E-state index < -0.39 is 5.72 Å². The predicted octanol–water partition coefficient (Wildman–Crippen LogP) is 3.90. The minimum Gasteiger partial charge on any atom is -0.488 e. The normalized spacial score (nSPS) is 13.9. The lowest BCUT2D eigenvalue weighted by Crippen LogP contribution is -2.55. The third kappa shape index (κ3) is 4.91. The van der Waals surface area contributed by atoms with Crippen molar-refractivity contribution in [3.05, 3.63) is 60.3 Å². The number of amides is 1. The largest absolute Gasteiger partial charge is 0.488 e. The smallest absolute Gasteiger partial charge is 0.259 e. The van der Waals surface area contributed by atoms with Crippen LogP contribution in [0.2, 0.25) is 0 Å². The number of benzene rings is 2. The molecule has 2 aromatic carbocycles. The number of para-hydroxylation sites is 1. The van der Waals surface area contributed by atoms with Gasteiger partial charge in [0, 0.05) is 22.6 Å². The van der Waals surface area contributed by atoms with E-state index in [0.29, 0.717) is 11.3 Å². The Balaban J connectivity index is 1.76. The van der Waals surface area contributed by atoms with E-state index in [2.05, 4.69) is 15.6 Å². The van der Waals surface area contributed by atoms with Crippen molar-refractivity contribution in [2.75, 3.05) is 11.9 Å². The van der Waals surface area contributed by atoms with Crippen LogP contribution in [-0.2, 0) is 0 Å². The fraction of sp³-hybridized carbons (Fsp3) is 0.318. The van der Waals surface area contributed by atoms with E-state index in [-0.39, 0.29) is 18.1 Å². The molecule has 1 heterocycles. The van der Waals surface area contributed by atoms with Crippen LogP contribution in [0.3, 0.4) is 0 Å². The summed E-state index contributed by atoms with van der Waals surface area (Å²) in [5.41, 5.74) is 0.561. The van der Waals surface area contributed by atoms with E-state index >= 15 is 0 Å². The number of hydrogen-bond acceptors (Lipinski definition) is 4. The van der Waals surface area contributed by atoms with Crippen LogP contribution in [0.5, 0.6) is 5.75 Å². The number of H-pyrrole nitrogens is 1. The fourth-order valence-corrected chi connectivity index (χ4v) is 3.23. The molecule has 3 rings (SSSR count). The van der Waals surface area contributed by atoms with Crippen molar-refractivity contribution in [3.63, 3.8) is 0 Å². The van der Waals surface area contributed by atoms with Crippen molar-refractivity contribution >= 4 is 22.5 Å². The van der Waals surface area contributed by atoms with Gasteiger partial charge in [-0.2, -0.15) is 0 Å². The maximum absolute atomic E-state index is 12.9. The average Bonchev–Trinajstić information content (AvgIpc) is 3.08. The number of aromatic nitrogens is 1. The van der Waals surface area contributed by atoms with E-state index in [0.717, 1.165) is 16.6 Å². The van der Waals surface area contributed by atoms with Gasteiger partial charge in [-0.15, -0.1) is 0 Å². The van der Waals surface area contributed by atoms with Crippen LogP contribution < -0.4 is 15.4 Å². The molecular weight excluding hydrogens is 354 g/mol. The van der Waals surface area contributed by atoms with Crippen LogP contribution in [0.15, 0.2) is 54.7 Å². The molecule has 6 heteroatoms. The third-order valence-electron chi connectivity index (χ3n) is 4.13. The molecule has 28 heavy (non-hydrogen) atoms. The zero-order valence-corrected chi connectivity index (χ0v) is 16.7. The number of anilines is 1. The number of ether oxygens (including phenoxy) is 1. The first kappa shape index (κ1) is 19.9. The molecule has 0 aliphatic carbocycles. The Morgan fingerprint density at radius 3 is 2.57 bits per heavy atom. The number of nitrogens with one attached hydrogen (secondary N) is 3. The van der Waals surface area contributed by atoms with Gasteiger partial charge in [-0.25, -0.2) is 0 Å². The maximum Gasteiger partial charge on any atom is 0.259 e. The lowest BCUT2D eigenvalue weighted by Gasteiger charge is -2.33. The second kappa shape index (κ2) is 7.66. The maximum atomic E-state index is 12.9. The Morgan fingerprint density at radius 2 is 1.82 bits per heavy atom. The van der Waals surface area contributed by atoms with Gasteiger partial charge >= 0.3 is 0 Å². The lowest BCUT2D eigenvalue weighted by molar-refractivity contribution is -0.0367. The van der Waals surface area contributed by atoms with Gasteiger partial charge in [0.2, 0.25) is 0 Å². The fourth-order valence-electron chi connectivity index (χ4n) is 3.23. The summed E-state index contributed by atoms with van der Waals surface area (Å²) in [6.45, 7) is 7.54. The summed E-state index contributed by atoms with van der Waals surface area (Å²) < 4.78 is 5.80. The number of carbonyl (C=O) groups excluding carboxylic acids is 1. The van der Waals surface area contributed by atoms with Gasteiger partial charge in [0.15, 0.2) is 0 Å². The molecule has 148 valence electrons. The van der Waals surface area contributed by atoms with Gasteiger partial charge in [-0.1, -0.05) is 18.2 Å². The lowest BCUT2D eigenvalue weighted by atomic mass is 10.1. The SMILES string of the molecule is CC(C)(C)NC(C)(O)COc1ccccc1C(=O)Nc1cccc2[nH]ccc12. The van der Waals surface area contributed by atoms with Crippen LogP contribution in [0.25, 0.3) is 10.9 Å². The highest BCUT2D eigenvalue weighted by Crippen LogP contribution is 2.25. The second-order valence-corrected chi connectivity index (χ2v) is 8.13. The molecule has 0 saturated heterocycles. The van der Waals surface area contributed by atoms with Crippen LogP contribution in [0.1, 0.15) is 38.1 Å². The molecule has 0 fully saturated rings. The summed E-state index contributed by atoms with van der Waals surface area (Å²) in [5, 5.41) is 17.5. The number of aliphatic hydroxyl groups is 1. The zero-order chi connectivity index (χ0) is 20.4. The Bertz CT molecular complexity index is 970. The van der Waals surface area contributed by atoms with Gasteiger partial charge in [-0.05, 0) is 58.0 Å². The number of rotatable bonds is 6. The molecular formula is C22H27N3O3. The van der Waals surface area contributed by atoms with Crippen molar-refractivity contribution in [2.45, 2.75) is 39.0 Å². The average molecular weight is 381 g/mol. The molecule has 4 N–H and O–H groups in total. The molecule has 0 saturated carbocycles. The number of fused-ring (bicyclic) bond motifs is 1. The van der Waals surface area contributed by atoms with Crippen LogP contribution in [0, 0.1) is 0 Å². The minimum atomic E-state index is -1.24. The topological polar surface area (TPSA) is 86.4 Å². The van der Waals surface area contributed by atoms with E-state index in [1.807, 2.05) is 51.2 Å². The first-order chi connectivity index (χ1) is 13.1. The summed E-state index contributed by atoms with van der Waals surface area (Å²) in [4.78, 5) is 16.0. The van der Waals surface area contributed by atoms with E-state index in [4.69, 9.17) is 4.74 Å². The molecule has 1 unspecified atom stereocenters. The van der Waals surface area contributed by atoms with Crippen LogP contribution in [0.4, 0.5) is 5.69 Å². The summed E-state index contributed by atoms with van der Waals surface area (Å²) in [6, 6.07) is 14.6. The minimum absolute atomic E-state index is 0.00194. The molecule has 6 nitrogen and oxygen atoms in total. The quantitative estimate of drug-likeness (QED) is 0.488. The molecule has 1 atom stereocenters. The van der Waals surface area contributed by atoms with Gasteiger partial charge in [-0.3, -0.25) is 10.1 Å². The first-order valence-corrected chi connectivity index (χ1v) is 9.26. The number of hydrogen-bond donors (Lipinski definition) is 4. The Hall–Kier alpha value is -2.83. The van der Waals surface area contributed by atoms with E-state index in [9.17, 15) is 9.90 Å².